The summed E-state index contributed by atoms with van der Waals surface area (Å²) in [6.07, 6.45) is 0. The van der Waals surface area contributed by atoms with Gasteiger partial charge in [-0.05, 0) is 49.2 Å². The van der Waals surface area contributed by atoms with E-state index in [9.17, 15) is 9.59 Å². The molecule has 2 aromatic carbocycles. The van der Waals surface area contributed by atoms with Crippen LogP contribution in [0.25, 0.3) is 0 Å². The first-order valence-corrected chi connectivity index (χ1v) is 9.39. The zero-order valence-electron chi connectivity index (χ0n) is 15.7. The van der Waals surface area contributed by atoms with Gasteiger partial charge in [0.25, 0.3) is 5.91 Å². The van der Waals surface area contributed by atoms with Crippen molar-refractivity contribution in [2.75, 3.05) is 23.1 Å². The van der Waals surface area contributed by atoms with Crippen molar-refractivity contribution in [2.45, 2.75) is 13.8 Å². The van der Waals surface area contributed by atoms with E-state index in [0.717, 1.165) is 11.1 Å². The van der Waals surface area contributed by atoms with Crippen molar-refractivity contribution in [1.29, 1.82) is 0 Å². The Morgan fingerprint density at radius 3 is 2.54 bits per heavy atom. The van der Waals surface area contributed by atoms with Crippen molar-refractivity contribution in [3.05, 3.63) is 64.7 Å². The van der Waals surface area contributed by atoms with Crippen molar-refractivity contribution in [3.8, 4) is 5.75 Å². The molecule has 8 heteroatoms. The molecule has 3 aromatic rings. The molecule has 0 fully saturated rings. The fourth-order valence-corrected chi connectivity index (χ4v) is 3.19. The maximum absolute atomic E-state index is 12.4. The van der Waals surface area contributed by atoms with Gasteiger partial charge in [-0.3, -0.25) is 10.1 Å². The fraction of sp³-hybridized carbons (Fsp3) is 0.150. The van der Waals surface area contributed by atoms with Crippen molar-refractivity contribution in [3.63, 3.8) is 0 Å². The topological polar surface area (TPSA) is 92.4 Å². The van der Waals surface area contributed by atoms with Crippen molar-refractivity contribution in [1.82, 2.24) is 4.98 Å². The highest BCUT2D eigenvalue weighted by molar-refractivity contribution is 7.14. The number of carbonyl (C=O) groups excluding carboxylic acids is 2. The minimum Gasteiger partial charge on any atom is -0.495 e. The Balaban J connectivity index is 1.63. The second-order valence-corrected chi connectivity index (χ2v) is 7.00. The minimum absolute atomic E-state index is 0.207. The lowest BCUT2D eigenvalue weighted by Gasteiger charge is -2.10. The van der Waals surface area contributed by atoms with E-state index in [4.69, 9.17) is 4.74 Å². The van der Waals surface area contributed by atoms with E-state index in [1.165, 1.54) is 11.3 Å². The second-order valence-electron chi connectivity index (χ2n) is 6.14. The highest BCUT2D eigenvalue weighted by Crippen LogP contribution is 2.26. The molecular formula is C20H20N4O3S. The molecule has 3 rings (SSSR count). The molecule has 0 aliphatic carbocycles. The van der Waals surface area contributed by atoms with E-state index in [0.29, 0.717) is 22.3 Å². The molecule has 0 aliphatic rings. The number of anilines is 3. The highest BCUT2D eigenvalue weighted by Gasteiger charge is 2.15. The molecule has 0 spiro atoms. The zero-order chi connectivity index (χ0) is 20.1. The molecule has 3 amide bonds. The Morgan fingerprint density at radius 2 is 1.79 bits per heavy atom. The molecule has 0 atom stereocenters. The van der Waals surface area contributed by atoms with Crippen molar-refractivity contribution < 1.29 is 14.3 Å². The van der Waals surface area contributed by atoms with Gasteiger partial charge in [0.1, 0.15) is 11.4 Å². The average Bonchev–Trinajstić information content (AvgIpc) is 3.11. The first-order chi connectivity index (χ1) is 13.4. The summed E-state index contributed by atoms with van der Waals surface area (Å²) in [4.78, 5) is 28.7. The fourth-order valence-electron chi connectivity index (χ4n) is 2.51. The number of hydrogen-bond acceptors (Lipinski definition) is 5. The summed E-state index contributed by atoms with van der Waals surface area (Å²) in [5.74, 6) is 0.185. The Morgan fingerprint density at radius 1 is 1.00 bits per heavy atom. The second kappa shape index (κ2) is 8.53. The normalized spacial score (nSPS) is 10.2. The molecule has 1 aromatic heterocycles. The maximum atomic E-state index is 12.4. The van der Waals surface area contributed by atoms with Crippen LogP contribution in [0.3, 0.4) is 0 Å². The van der Waals surface area contributed by atoms with Crippen LogP contribution in [-0.2, 0) is 0 Å². The van der Waals surface area contributed by atoms with Crippen LogP contribution in [-0.4, -0.2) is 24.0 Å². The van der Waals surface area contributed by atoms with Gasteiger partial charge in [-0.25, -0.2) is 9.78 Å². The molecule has 7 nitrogen and oxygen atoms in total. The van der Waals surface area contributed by atoms with Crippen LogP contribution >= 0.6 is 11.3 Å². The lowest BCUT2D eigenvalue weighted by molar-refractivity contribution is 0.102. The predicted molar refractivity (Wildman–Crippen MR) is 112 cm³/mol. The smallest absolute Gasteiger partial charge is 0.325 e. The summed E-state index contributed by atoms with van der Waals surface area (Å²) in [5.41, 5.74) is 3.50. The molecule has 0 bridgehead atoms. The summed E-state index contributed by atoms with van der Waals surface area (Å²) in [5, 5.41) is 10.0. The SMILES string of the molecule is COc1cc(C)ccc1NC(=O)c1csc(NC(=O)Nc2cccc(C)c2)n1. The van der Waals surface area contributed by atoms with E-state index in [1.807, 2.05) is 44.2 Å². The summed E-state index contributed by atoms with van der Waals surface area (Å²) < 4.78 is 5.29. The monoisotopic (exact) mass is 396 g/mol. The van der Waals surface area contributed by atoms with Crippen LogP contribution in [0.2, 0.25) is 0 Å². The minimum atomic E-state index is -0.424. The summed E-state index contributed by atoms with van der Waals surface area (Å²) >= 11 is 1.17. The Kier molecular flexibility index (Phi) is 5.90. The number of aryl methyl sites for hydroxylation is 2. The number of methoxy groups -OCH3 is 1. The summed E-state index contributed by atoms with van der Waals surface area (Å²) in [6, 6.07) is 12.5. The van der Waals surface area contributed by atoms with Crippen LogP contribution in [0.4, 0.5) is 21.3 Å². The predicted octanol–water partition coefficient (Wildman–Crippen LogP) is 4.66. The number of nitrogens with one attached hydrogen (secondary N) is 3. The van der Waals surface area contributed by atoms with Crippen LogP contribution in [0.1, 0.15) is 21.6 Å². The maximum Gasteiger partial charge on any atom is 0.325 e. The molecule has 144 valence electrons. The Bertz CT molecular complexity index is 1020. The molecular weight excluding hydrogens is 376 g/mol. The third-order valence-electron chi connectivity index (χ3n) is 3.84. The van der Waals surface area contributed by atoms with E-state index < -0.39 is 6.03 Å². The van der Waals surface area contributed by atoms with Gasteiger partial charge >= 0.3 is 6.03 Å². The summed E-state index contributed by atoms with van der Waals surface area (Å²) in [7, 11) is 1.54. The quantitative estimate of drug-likeness (QED) is 0.585. The highest BCUT2D eigenvalue weighted by atomic mass is 32.1. The van der Waals surface area contributed by atoms with Gasteiger partial charge in [0, 0.05) is 11.1 Å². The van der Waals surface area contributed by atoms with Gasteiger partial charge in [-0.1, -0.05) is 18.2 Å². The van der Waals surface area contributed by atoms with E-state index in [-0.39, 0.29) is 11.6 Å². The van der Waals surface area contributed by atoms with Gasteiger partial charge in [0.2, 0.25) is 0 Å². The van der Waals surface area contributed by atoms with E-state index in [2.05, 4.69) is 20.9 Å². The van der Waals surface area contributed by atoms with Gasteiger partial charge < -0.3 is 15.4 Å². The zero-order valence-corrected chi connectivity index (χ0v) is 16.5. The third-order valence-corrected chi connectivity index (χ3v) is 4.60. The molecule has 0 saturated carbocycles. The standard InChI is InChI=1S/C20H20N4O3S/c1-12-5-4-6-14(9-12)21-19(26)24-20-23-16(11-28-20)18(25)22-15-8-7-13(2)10-17(15)27-3/h4-11H,1-3H3,(H,22,25)(H2,21,23,24,26). The van der Waals surface area contributed by atoms with Crippen LogP contribution in [0.5, 0.6) is 5.75 Å². The number of carbonyl (C=O) groups is 2. The van der Waals surface area contributed by atoms with Gasteiger partial charge in [-0.15, -0.1) is 11.3 Å². The van der Waals surface area contributed by atoms with Crippen LogP contribution < -0.4 is 20.7 Å². The van der Waals surface area contributed by atoms with Crippen LogP contribution in [0.15, 0.2) is 47.8 Å². The third kappa shape index (κ3) is 4.86. The number of rotatable bonds is 5. The number of thiazole rings is 1. The number of amides is 3. The largest absolute Gasteiger partial charge is 0.495 e. The first kappa shape index (κ1) is 19.4. The van der Waals surface area contributed by atoms with Gasteiger partial charge in [0.15, 0.2) is 5.13 Å². The molecule has 0 saturated heterocycles. The Labute approximate surface area is 166 Å². The number of aromatic nitrogens is 1. The first-order valence-electron chi connectivity index (χ1n) is 8.51. The number of urea groups is 1. The lowest BCUT2D eigenvalue weighted by atomic mass is 10.2. The molecule has 0 unspecified atom stereocenters. The number of ether oxygens (including phenoxy) is 1. The summed E-state index contributed by atoms with van der Waals surface area (Å²) in [6.45, 7) is 3.88. The average molecular weight is 396 g/mol. The van der Waals surface area contributed by atoms with Gasteiger partial charge in [0.05, 0.1) is 12.8 Å². The van der Waals surface area contributed by atoms with E-state index in [1.54, 1.807) is 24.6 Å². The molecule has 28 heavy (non-hydrogen) atoms. The number of hydrogen-bond donors (Lipinski definition) is 3. The molecule has 0 aliphatic heterocycles. The number of nitrogens with zero attached hydrogens (tertiary/aromatic N) is 1. The lowest BCUT2D eigenvalue weighted by Crippen LogP contribution is -2.19. The van der Waals surface area contributed by atoms with Crippen LogP contribution in [0, 0.1) is 13.8 Å². The van der Waals surface area contributed by atoms with Crippen molar-refractivity contribution in [2.24, 2.45) is 0 Å². The van der Waals surface area contributed by atoms with Gasteiger partial charge in [-0.2, -0.15) is 0 Å². The molecule has 3 N–H and O–H groups in total. The van der Waals surface area contributed by atoms with Crippen molar-refractivity contribution >= 4 is 39.8 Å². The Hall–Kier alpha value is -3.39. The molecule has 0 radical (unpaired) electrons. The number of benzene rings is 2. The molecule has 1 heterocycles. The van der Waals surface area contributed by atoms with E-state index >= 15 is 0 Å².